The molecule has 4 aromatic rings. The summed E-state index contributed by atoms with van der Waals surface area (Å²) in [5.74, 6) is 0.729. The monoisotopic (exact) mass is 449 g/mol. The highest BCUT2D eigenvalue weighted by molar-refractivity contribution is 6.00. The number of fused-ring (bicyclic) bond motifs is 3. The number of rotatable bonds is 7. The van der Waals surface area contributed by atoms with Crippen molar-refractivity contribution in [1.82, 2.24) is 19.0 Å². The highest BCUT2D eigenvalue weighted by atomic mass is 19.1. The molecule has 33 heavy (non-hydrogen) atoms. The number of nitrogens with zero attached hydrogens (tertiary/aromatic N) is 4. The van der Waals surface area contributed by atoms with Gasteiger partial charge in [-0.25, -0.2) is 9.37 Å². The van der Waals surface area contributed by atoms with Crippen LogP contribution in [0, 0.1) is 0 Å². The van der Waals surface area contributed by atoms with Gasteiger partial charge in [0.05, 0.1) is 29.4 Å². The topological polar surface area (TPSA) is 78.3 Å². The van der Waals surface area contributed by atoms with Crippen LogP contribution in [0.5, 0.6) is 0 Å². The molecule has 8 heteroatoms. The van der Waals surface area contributed by atoms with Gasteiger partial charge in [0.1, 0.15) is 6.67 Å². The fraction of sp³-hybridized carbons (Fsp3) is 0.360. The van der Waals surface area contributed by atoms with Crippen molar-refractivity contribution in [2.24, 2.45) is 12.8 Å². The SMILES string of the molecule is COCCn1c(-c2nc3cc4c(cc3n2C)CCN(C[C@H](N)CF)C4=O)cc2ccccc21. The van der Waals surface area contributed by atoms with E-state index in [2.05, 4.69) is 33.4 Å². The number of aromatic nitrogens is 3. The molecule has 1 atom stereocenters. The predicted octanol–water partition coefficient (Wildman–Crippen LogP) is 3.14. The van der Waals surface area contributed by atoms with E-state index in [1.165, 1.54) is 0 Å². The Balaban J connectivity index is 1.60. The molecule has 1 aliphatic heterocycles. The van der Waals surface area contributed by atoms with E-state index in [9.17, 15) is 9.18 Å². The van der Waals surface area contributed by atoms with Crippen molar-refractivity contribution in [3.8, 4) is 11.5 Å². The van der Waals surface area contributed by atoms with Gasteiger partial charge in [-0.3, -0.25) is 4.79 Å². The summed E-state index contributed by atoms with van der Waals surface area (Å²) in [5, 5.41) is 1.14. The number of ether oxygens (including phenoxy) is 1. The summed E-state index contributed by atoms with van der Waals surface area (Å²) in [4.78, 5) is 19.6. The second kappa shape index (κ2) is 8.61. The van der Waals surface area contributed by atoms with E-state index in [4.69, 9.17) is 15.5 Å². The number of nitrogens with two attached hydrogens (primary N) is 1. The summed E-state index contributed by atoms with van der Waals surface area (Å²) in [6.07, 6.45) is 0.713. The van der Waals surface area contributed by atoms with Crippen molar-refractivity contribution < 1.29 is 13.9 Å². The molecular formula is C25H28FN5O2. The molecule has 0 spiro atoms. The molecule has 0 aliphatic carbocycles. The summed E-state index contributed by atoms with van der Waals surface area (Å²) in [6, 6.07) is 13.7. The average molecular weight is 450 g/mol. The zero-order valence-corrected chi connectivity index (χ0v) is 18.9. The third kappa shape index (κ3) is 3.69. The molecule has 5 rings (SSSR count). The van der Waals surface area contributed by atoms with Crippen LogP contribution in [0.3, 0.4) is 0 Å². The summed E-state index contributed by atoms with van der Waals surface area (Å²) in [6.45, 7) is 1.42. The number of benzene rings is 2. The molecule has 2 N–H and O–H groups in total. The van der Waals surface area contributed by atoms with Crippen LogP contribution >= 0.6 is 0 Å². The molecule has 172 valence electrons. The maximum absolute atomic E-state index is 13.1. The molecule has 2 aromatic carbocycles. The van der Waals surface area contributed by atoms with Crippen LogP contribution in [0.25, 0.3) is 33.5 Å². The van der Waals surface area contributed by atoms with Gasteiger partial charge < -0.3 is 24.5 Å². The Kier molecular flexibility index (Phi) is 5.64. The molecule has 0 bridgehead atoms. The standard InChI is InChI=1S/C25H28FN5O2/c1-29-22-11-16-7-8-30(15-18(27)14-26)25(32)19(16)13-20(22)28-24(29)23-12-17-5-3-4-6-21(17)31(23)9-10-33-2/h3-6,11-13,18H,7-10,14-15,27H2,1-2H3/t18-/m1/s1. The highest BCUT2D eigenvalue weighted by Crippen LogP contribution is 2.32. The first kappa shape index (κ1) is 21.6. The van der Waals surface area contributed by atoms with Crippen molar-refractivity contribution in [3.05, 3.63) is 53.6 Å². The summed E-state index contributed by atoms with van der Waals surface area (Å²) in [5.41, 5.74) is 11.3. The fourth-order valence-electron chi connectivity index (χ4n) is 4.77. The lowest BCUT2D eigenvalue weighted by molar-refractivity contribution is 0.0725. The van der Waals surface area contributed by atoms with E-state index in [1.807, 2.05) is 25.2 Å². The van der Waals surface area contributed by atoms with E-state index in [-0.39, 0.29) is 12.5 Å². The number of para-hydroxylation sites is 1. The molecule has 0 saturated carbocycles. The zero-order valence-electron chi connectivity index (χ0n) is 18.9. The number of carbonyl (C=O) groups is 1. The molecule has 1 aliphatic rings. The van der Waals surface area contributed by atoms with Crippen LogP contribution in [-0.4, -0.2) is 64.4 Å². The first-order valence-corrected chi connectivity index (χ1v) is 11.2. The number of imidazole rings is 1. The Hall–Kier alpha value is -3.23. The van der Waals surface area contributed by atoms with Crippen LogP contribution in [0.2, 0.25) is 0 Å². The normalized spacial score (nSPS) is 14.9. The van der Waals surface area contributed by atoms with Gasteiger partial charge >= 0.3 is 0 Å². The average Bonchev–Trinajstić information content (AvgIpc) is 3.35. The van der Waals surface area contributed by atoms with Crippen LogP contribution in [0.1, 0.15) is 15.9 Å². The largest absolute Gasteiger partial charge is 0.383 e. The van der Waals surface area contributed by atoms with E-state index < -0.39 is 12.7 Å². The van der Waals surface area contributed by atoms with Gasteiger partial charge in [-0.1, -0.05) is 18.2 Å². The van der Waals surface area contributed by atoms with Gasteiger partial charge in [0, 0.05) is 50.3 Å². The molecule has 1 amide bonds. The first-order chi connectivity index (χ1) is 16.0. The lowest BCUT2D eigenvalue weighted by atomic mass is 9.97. The van der Waals surface area contributed by atoms with E-state index in [1.54, 1.807) is 12.0 Å². The number of amides is 1. The summed E-state index contributed by atoms with van der Waals surface area (Å²) in [7, 11) is 3.71. The second-order valence-electron chi connectivity index (χ2n) is 8.64. The number of hydrogen-bond donors (Lipinski definition) is 1. The minimum Gasteiger partial charge on any atom is -0.383 e. The number of aryl methyl sites for hydroxylation is 1. The third-order valence-electron chi connectivity index (χ3n) is 6.49. The molecular weight excluding hydrogens is 421 g/mol. The van der Waals surface area contributed by atoms with E-state index in [0.29, 0.717) is 31.7 Å². The third-order valence-corrected chi connectivity index (χ3v) is 6.49. The van der Waals surface area contributed by atoms with Gasteiger partial charge in [-0.05, 0) is 36.2 Å². The van der Waals surface area contributed by atoms with Gasteiger partial charge in [0.25, 0.3) is 5.91 Å². The second-order valence-corrected chi connectivity index (χ2v) is 8.64. The van der Waals surface area contributed by atoms with Gasteiger partial charge in [-0.2, -0.15) is 0 Å². The zero-order chi connectivity index (χ0) is 23.1. The van der Waals surface area contributed by atoms with Gasteiger partial charge in [-0.15, -0.1) is 0 Å². The number of halogens is 1. The molecule has 0 unspecified atom stereocenters. The van der Waals surface area contributed by atoms with E-state index >= 15 is 0 Å². The number of carbonyl (C=O) groups excluding carboxylic acids is 1. The summed E-state index contributed by atoms with van der Waals surface area (Å²) < 4.78 is 22.5. The minimum absolute atomic E-state index is 0.108. The van der Waals surface area contributed by atoms with Crippen molar-refractivity contribution >= 4 is 27.8 Å². The Labute approximate surface area is 191 Å². The van der Waals surface area contributed by atoms with Crippen molar-refractivity contribution in [1.29, 1.82) is 0 Å². The summed E-state index contributed by atoms with van der Waals surface area (Å²) >= 11 is 0. The van der Waals surface area contributed by atoms with Crippen molar-refractivity contribution in [2.45, 2.75) is 19.0 Å². The van der Waals surface area contributed by atoms with Crippen molar-refractivity contribution in [2.75, 3.05) is 33.5 Å². The Bertz CT molecular complexity index is 1340. The lowest BCUT2D eigenvalue weighted by Gasteiger charge is -2.30. The van der Waals surface area contributed by atoms with Gasteiger partial charge in [0.15, 0.2) is 5.82 Å². The molecule has 0 fully saturated rings. The fourth-order valence-corrected chi connectivity index (χ4v) is 4.77. The van der Waals surface area contributed by atoms with Crippen molar-refractivity contribution in [3.63, 3.8) is 0 Å². The maximum Gasteiger partial charge on any atom is 0.254 e. The Morgan fingerprint density at radius 3 is 2.82 bits per heavy atom. The molecule has 7 nitrogen and oxygen atoms in total. The molecule has 3 heterocycles. The predicted molar refractivity (Wildman–Crippen MR) is 127 cm³/mol. The first-order valence-electron chi connectivity index (χ1n) is 11.2. The molecule has 0 saturated heterocycles. The number of methoxy groups -OCH3 is 1. The lowest BCUT2D eigenvalue weighted by Crippen LogP contribution is -2.45. The maximum atomic E-state index is 13.1. The Morgan fingerprint density at radius 1 is 1.21 bits per heavy atom. The van der Waals surface area contributed by atoms with Crippen LogP contribution in [0.4, 0.5) is 4.39 Å². The van der Waals surface area contributed by atoms with Crippen LogP contribution in [0.15, 0.2) is 42.5 Å². The number of alkyl halides is 1. The quantitative estimate of drug-likeness (QED) is 0.470. The van der Waals surface area contributed by atoms with Crippen LogP contribution < -0.4 is 5.73 Å². The van der Waals surface area contributed by atoms with Gasteiger partial charge in [0.2, 0.25) is 0 Å². The molecule has 0 radical (unpaired) electrons. The number of hydrogen-bond acceptors (Lipinski definition) is 4. The smallest absolute Gasteiger partial charge is 0.254 e. The highest BCUT2D eigenvalue weighted by Gasteiger charge is 2.27. The Morgan fingerprint density at radius 2 is 2.03 bits per heavy atom. The molecule has 2 aromatic heterocycles. The van der Waals surface area contributed by atoms with Crippen LogP contribution in [-0.2, 0) is 24.8 Å². The van der Waals surface area contributed by atoms with E-state index in [0.717, 1.165) is 39.0 Å². The minimum atomic E-state index is -0.658.